The number of hydrogen-bond acceptors (Lipinski definition) is 2. The standard InChI is InChI=1S/C17H17N4/c1-11-6-15-13(9-17-18-4-5-21(15)17)8-14(11)16-7-12(2)19-10-20(16)3/h4-8,10H,9H2,1-3H3/q+1. The van der Waals surface area contributed by atoms with Crippen LogP contribution in [0.3, 0.4) is 0 Å². The molecule has 0 saturated carbocycles. The van der Waals surface area contributed by atoms with E-state index in [1.54, 1.807) is 0 Å². The van der Waals surface area contributed by atoms with Gasteiger partial charge >= 0.3 is 0 Å². The highest BCUT2D eigenvalue weighted by Crippen LogP contribution is 2.32. The van der Waals surface area contributed by atoms with Gasteiger partial charge in [-0.3, -0.25) is 0 Å². The molecule has 3 heterocycles. The molecule has 4 rings (SSSR count). The Balaban J connectivity index is 1.92. The molecular formula is C17H17N4+. The number of benzene rings is 1. The van der Waals surface area contributed by atoms with Crippen molar-refractivity contribution in [3.05, 3.63) is 59.6 Å². The van der Waals surface area contributed by atoms with Crippen molar-refractivity contribution in [1.29, 1.82) is 0 Å². The van der Waals surface area contributed by atoms with Crippen molar-refractivity contribution in [2.45, 2.75) is 20.3 Å². The third kappa shape index (κ3) is 1.79. The van der Waals surface area contributed by atoms with Crippen molar-refractivity contribution in [1.82, 2.24) is 14.5 Å². The molecule has 21 heavy (non-hydrogen) atoms. The molecule has 0 aliphatic carbocycles. The van der Waals surface area contributed by atoms with E-state index >= 15 is 0 Å². The van der Waals surface area contributed by atoms with Crippen LogP contribution in [0.2, 0.25) is 0 Å². The molecule has 0 unspecified atom stereocenters. The summed E-state index contributed by atoms with van der Waals surface area (Å²) in [6.07, 6.45) is 6.69. The van der Waals surface area contributed by atoms with Crippen LogP contribution in [0.4, 0.5) is 0 Å². The third-order valence-electron chi connectivity index (χ3n) is 4.19. The normalized spacial score (nSPS) is 12.3. The summed E-state index contributed by atoms with van der Waals surface area (Å²) in [5, 5.41) is 0. The highest BCUT2D eigenvalue weighted by Gasteiger charge is 2.22. The second-order valence-electron chi connectivity index (χ2n) is 5.71. The average molecular weight is 277 g/mol. The van der Waals surface area contributed by atoms with Crippen LogP contribution < -0.4 is 4.57 Å². The molecule has 0 spiro atoms. The van der Waals surface area contributed by atoms with Crippen molar-refractivity contribution >= 4 is 0 Å². The van der Waals surface area contributed by atoms with Crippen LogP contribution in [0.1, 0.15) is 22.6 Å². The largest absolute Gasteiger partial charge is 0.303 e. The second-order valence-corrected chi connectivity index (χ2v) is 5.71. The molecule has 1 aliphatic rings. The summed E-state index contributed by atoms with van der Waals surface area (Å²) in [5.41, 5.74) is 7.39. The predicted molar refractivity (Wildman–Crippen MR) is 80.3 cm³/mol. The Morgan fingerprint density at radius 1 is 1.14 bits per heavy atom. The molecule has 0 radical (unpaired) electrons. The van der Waals surface area contributed by atoms with Crippen molar-refractivity contribution < 1.29 is 4.57 Å². The number of imidazole rings is 1. The van der Waals surface area contributed by atoms with Gasteiger partial charge < -0.3 is 4.57 Å². The molecule has 2 aromatic heterocycles. The number of rotatable bonds is 1. The maximum atomic E-state index is 4.42. The summed E-state index contributed by atoms with van der Waals surface area (Å²) in [5.74, 6) is 1.12. The van der Waals surface area contributed by atoms with E-state index in [1.165, 1.54) is 28.1 Å². The van der Waals surface area contributed by atoms with Gasteiger partial charge in [0.2, 0.25) is 0 Å². The Labute approximate surface area is 123 Å². The molecule has 104 valence electrons. The minimum Gasteiger partial charge on any atom is -0.303 e. The zero-order valence-corrected chi connectivity index (χ0v) is 12.5. The quantitative estimate of drug-likeness (QED) is 0.500. The van der Waals surface area contributed by atoms with E-state index in [4.69, 9.17) is 0 Å². The van der Waals surface area contributed by atoms with Gasteiger partial charge in [-0.25, -0.2) is 9.55 Å². The Kier molecular flexibility index (Phi) is 2.48. The molecule has 0 bridgehead atoms. The SMILES string of the molecule is Cc1cc(-c2cc3c(cc2C)-n2ccnc2C3)[n+](C)cn1. The molecule has 1 aromatic carbocycles. The average Bonchev–Trinajstić information content (AvgIpc) is 3.02. The van der Waals surface area contributed by atoms with E-state index < -0.39 is 0 Å². The molecule has 0 N–H and O–H groups in total. The van der Waals surface area contributed by atoms with Crippen LogP contribution in [0.5, 0.6) is 0 Å². The molecule has 0 saturated heterocycles. The van der Waals surface area contributed by atoms with Crippen LogP contribution in [0, 0.1) is 13.8 Å². The minimum absolute atomic E-state index is 0.906. The molecule has 4 heteroatoms. The van der Waals surface area contributed by atoms with E-state index in [0.717, 1.165) is 17.9 Å². The van der Waals surface area contributed by atoms with Gasteiger partial charge in [-0.2, -0.15) is 0 Å². The van der Waals surface area contributed by atoms with E-state index in [9.17, 15) is 0 Å². The minimum atomic E-state index is 0.906. The lowest BCUT2D eigenvalue weighted by atomic mass is 9.99. The van der Waals surface area contributed by atoms with E-state index in [0.29, 0.717) is 0 Å². The summed E-state index contributed by atoms with van der Waals surface area (Å²) in [6, 6.07) is 6.70. The Morgan fingerprint density at radius 2 is 2.00 bits per heavy atom. The fourth-order valence-corrected chi connectivity index (χ4v) is 3.08. The van der Waals surface area contributed by atoms with Gasteiger partial charge in [0.15, 0.2) is 5.69 Å². The van der Waals surface area contributed by atoms with Crippen molar-refractivity contribution in [2.75, 3.05) is 0 Å². The maximum Gasteiger partial charge on any atom is 0.286 e. The fraction of sp³-hybridized carbons (Fsp3) is 0.235. The van der Waals surface area contributed by atoms with Gasteiger partial charge in [0.1, 0.15) is 11.5 Å². The van der Waals surface area contributed by atoms with Crippen molar-refractivity contribution in [2.24, 2.45) is 7.05 Å². The number of nitrogens with zero attached hydrogens (tertiary/aromatic N) is 4. The zero-order valence-electron chi connectivity index (χ0n) is 12.5. The van der Waals surface area contributed by atoms with Crippen LogP contribution in [0.25, 0.3) is 16.9 Å². The Bertz CT molecular complexity index is 861. The zero-order chi connectivity index (χ0) is 14.6. The first-order valence-electron chi connectivity index (χ1n) is 7.12. The summed E-state index contributed by atoms with van der Waals surface area (Å²) in [7, 11) is 2.04. The van der Waals surface area contributed by atoms with Crippen LogP contribution in [-0.4, -0.2) is 14.5 Å². The van der Waals surface area contributed by atoms with Crippen molar-refractivity contribution in [3.8, 4) is 16.9 Å². The highest BCUT2D eigenvalue weighted by atomic mass is 15.1. The van der Waals surface area contributed by atoms with Crippen molar-refractivity contribution in [3.63, 3.8) is 0 Å². The Hall–Kier alpha value is -2.49. The molecule has 0 atom stereocenters. The number of aromatic nitrogens is 4. The van der Waals surface area contributed by atoms with Crippen LogP contribution in [0.15, 0.2) is 36.9 Å². The first-order chi connectivity index (χ1) is 10.1. The van der Waals surface area contributed by atoms with Gasteiger partial charge in [-0.05, 0) is 30.2 Å². The molecule has 0 amide bonds. The van der Waals surface area contributed by atoms with Gasteiger partial charge in [0.05, 0.1) is 12.7 Å². The maximum absolute atomic E-state index is 4.42. The molecule has 1 aliphatic heterocycles. The fourth-order valence-electron chi connectivity index (χ4n) is 3.08. The lowest BCUT2D eigenvalue weighted by Gasteiger charge is -2.10. The van der Waals surface area contributed by atoms with E-state index in [2.05, 4.69) is 44.2 Å². The second kappa shape index (κ2) is 4.25. The lowest BCUT2D eigenvalue weighted by molar-refractivity contribution is -0.663. The summed E-state index contributed by atoms with van der Waals surface area (Å²) in [6.45, 7) is 4.20. The smallest absolute Gasteiger partial charge is 0.286 e. The predicted octanol–water partition coefficient (Wildman–Crippen LogP) is 2.28. The summed E-state index contributed by atoms with van der Waals surface area (Å²) in [4.78, 5) is 8.76. The molecular weight excluding hydrogens is 260 g/mol. The van der Waals surface area contributed by atoms with E-state index in [-0.39, 0.29) is 0 Å². The summed E-state index contributed by atoms with van der Waals surface area (Å²) < 4.78 is 4.26. The molecule has 0 fully saturated rings. The van der Waals surface area contributed by atoms with Crippen LogP contribution >= 0.6 is 0 Å². The van der Waals surface area contributed by atoms with Crippen LogP contribution in [-0.2, 0) is 13.5 Å². The monoisotopic (exact) mass is 277 g/mol. The molecule has 3 aromatic rings. The third-order valence-corrected chi connectivity index (χ3v) is 4.19. The number of aryl methyl sites for hydroxylation is 3. The topological polar surface area (TPSA) is 34.6 Å². The van der Waals surface area contributed by atoms with E-state index in [1.807, 2.05) is 32.7 Å². The van der Waals surface area contributed by atoms with Gasteiger partial charge in [-0.15, -0.1) is 0 Å². The number of fused-ring (bicyclic) bond motifs is 3. The number of hydrogen-bond donors (Lipinski definition) is 0. The first-order valence-corrected chi connectivity index (χ1v) is 7.12. The highest BCUT2D eigenvalue weighted by molar-refractivity contribution is 5.67. The Morgan fingerprint density at radius 3 is 2.86 bits per heavy atom. The summed E-state index contributed by atoms with van der Waals surface area (Å²) >= 11 is 0. The first kappa shape index (κ1) is 12.3. The lowest BCUT2D eigenvalue weighted by Crippen LogP contribution is -2.31. The van der Waals surface area contributed by atoms with Gasteiger partial charge in [0, 0.05) is 37.4 Å². The van der Waals surface area contributed by atoms with Gasteiger partial charge in [-0.1, -0.05) is 4.98 Å². The molecule has 4 nitrogen and oxygen atoms in total. The van der Waals surface area contributed by atoms with Gasteiger partial charge in [0.25, 0.3) is 6.33 Å².